The zero-order chi connectivity index (χ0) is 24.1. The van der Waals surface area contributed by atoms with E-state index in [-0.39, 0.29) is 36.2 Å². The Bertz CT molecular complexity index is 1200. The predicted molar refractivity (Wildman–Crippen MR) is 132 cm³/mol. The largest absolute Gasteiger partial charge is 0.449 e. The number of pyridine rings is 1. The number of aromatic nitrogens is 1. The number of ketones is 1. The van der Waals surface area contributed by atoms with Gasteiger partial charge in [-0.3, -0.25) is 9.59 Å². The lowest BCUT2D eigenvalue weighted by Crippen LogP contribution is -2.27. The van der Waals surface area contributed by atoms with E-state index in [1.54, 1.807) is 12.3 Å². The first-order valence-electron chi connectivity index (χ1n) is 11.7. The molecule has 0 radical (unpaired) electrons. The maximum Gasteiger partial charge on any atom is 0.407 e. The Hall–Kier alpha value is -3.67. The number of carbonyl (C=O) groups is 2. The molecule has 0 saturated heterocycles. The number of carbonyl (C=O) groups excluding carboxylic acids is 2. The Labute approximate surface area is 199 Å². The number of H-pyrrole nitrogens is 1. The quantitative estimate of drug-likeness (QED) is 0.453. The Balaban J connectivity index is 1.21. The molecule has 6 heteroatoms. The molecule has 176 valence electrons. The molecule has 0 unspecified atom stereocenters. The summed E-state index contributed by atoms with van der Waals surface area (Å²) in [5.74, 6) is -0.137. The van der Waals surface area contributed by atoms with Crippen molar-refractivity contribution in [1.29, 1.82) is 0 Å². The number of aryl methyl sites for hydroxylation is 1. The molecule has 4 rings (SSSR count). The van der Waals surface area contributed by atoms with Crippen molar-refractivity contribution in [3.05, 3.63) is 93.4 Å². The maximum atomic E-state index is 12.5. The van der Waals surface area contributed by atoms with Crippen molar-refractivity contribution in [3.8, 4) is 11.1 Å². The summed E-state index contributed by atoms with van der Waals surface area (Å²) in [6.45, 7) is 4.45. The molecule has 0 fully saturated rings. The number of hydrogen-bond donors (Lipinski definition) is 2. The van der Waals surface area contributed by atoms with Crippen LogP contribution >= 0.6 is 0 Å². The number of nitrogens with one attached hydrogen (secondary N) is 2. The van der Waals surface area contributed by atoms with Crippen molar-refractivity contribution in [2.45, 2.75) is 39.0 Å². The number of hydrogen-bond acceptors (Lipinski definition) is 4. The maximum absolute atomic E-state index is 12.5. The van der Waals surface area contributed by atoms with Gasteiger partial charge >= 0.3 is 6.09 Å². The molecular weight excluding hydrogens is 428 g/mol. The van der Waals surface area contributed by atoms with E-state index in [9.17, 15) is 14.4 Å². The second-order valence-electron chi connectivity index (χ2n) is 8.97. The van der Waals surface area contributed by atoms with Gasteiger partial charge in [-0.15, -0.1) is 0 Å². The highest BCUT2D eigenvalue weighted by Crippen LogP contribution is 2.44. The lowest BCUT2D eigenvalue weighted by atomic mass is 9.95. The monoisotopic (exact) mass is 458 g/mol. The summed E-state index contributed by atoms with van der Waals surface area (Å²) in [7, 11) is 0. The number of rotatable bonds is 9. The van der Waals surface area contributed by atoms with Crippen LogP contribution in [0, 0.1) is 12.8 Å². The minimum atomic E-state index is -0.452. The average Bonchev–Trinajstić information content (AvgIpc) is 3.16. The smallest absolute Gasteiger partial charge is 0.407 e. The normalized spacial score (nSPS) is 13.1. The molecule has 1 aromatic heterocycles. The molecule has 1 heterocycles. The molecule has 1 aliphatic rings. The highest BCUT2D eigenvalue weighted by atomic mass is 16.5. The van der Waals surface area contributed by atoms with Crippen molar-refractivity contribution in [1.82, 2.24) is 10.3 Å². The second-order valence-corrected chi connectivity index (χ2v) is 8.97. The number of alkyl carbamates (subject to hydrolysis) is 1. The minimum Gasteiger partial charge on any atom is -0.449 e. The fraction of sp³-hybridized carbons (Fsp3) is 0.321. The molecule has 0 saturated carbocycles. The molecule has 1 amide bonds. The Morgan fingerprint density at radius 1 is 1.06 bits per heavy atom. The minimum absolute atomic E-state index is 0.0252. The van der Waals surface area contributed by atoms with Crippen LogP contribution in [0.5, 0.6) is 0 Å². The molecule has 0 bridgehead atoms. The first-order valence-corrected chi connectivity index (χ1v) is 11.7. The van der Waals surface area contributed by atoms with Gasteiger partial charge in [0.25, 0.3) is 5.56 Å². The van der Waals surface area contributed by atoms with E-state index in [2.05, 4.69) is 34.6 Å². The van der Waals surface area contributed by atoms with E-state index >= 15 is 0 Å². The molecule has 0 spiro atoms. The van der Waals surface area contributed by atoms with Crippen LogP contribution in [0.2, 0.25) is 0 Å². The standard InChI is InChI=1S/C28H30N2O4/c1-18-14-20(27(32)30-16-18)15-26(31)19(2)8-7-13-29-28(33)34-17-25-23-11-5-3-9-21(23)22-10-4-6-12-24(22)25/h3-6,9-12,14,16,19,25H,7-8,13,15,17H2,1-2H3,(H,29,33)(H,30,32)/t19-/m0/s1. The summed E-state index contributed by atoms with van der Waals surface area (Å²) >= 11 is 0. The fourth-order valence-electron chi connectivity index (χ4n) is 4.56. The van der Waals surface area contributed by atoms with Gasteiger partial charge in [0, 0.05) is 36.6 Å². The molecule has 3 aromatic rings. The first-order chi connectivity index (χ1) is 16.4. The molecule has 1 atom stereocenters. The number of Topliss-reactive ketones (excluding diaryl/α,β-unsaturated/α-hetero) is 1. The summed E-state index contributed by atoms with van der Waals surface area (Å²) in [6, 6.07) is 18.2. The summed E-state index contributed by atoms with van der Waals surface area (Å²) in [5.41, 5.74) is 5.93. The lowest BCUT2D eigenvalue weighted by Gasteiger charge is -2.15. The summed E-state index contributed by atoms with van der Waals surface area (Å²) in [6.07, 6.45) is 2.59. The van der Waals surface area contributed by atoms with E-state index in [0.29, 0.717) is 24.9 Å². The predicted octanol–water partition coefficient (Wildman–Crippen LogP) is 4.75. The number of aromatic amines is 1. The zero-order valence-electron chi connectivity index (χ0n) is 19.6. The van der Waals surface area contributed by atoms with E-state index < -0.39 is 6.09 Å². The van der Waals surface area contributed by atoms with Crippen LogP contribution in [0.4, 0.5) is 4.79 Å². The first kappa shape index (κ1) is 23.5. The van der Waals surface area contributed by atoms with Gasteiger partial charge < -0.3 is 15.0 Å². The van der Waals surface area contributed by atoms with Crippen LogP contribution in [0.3, 0.4) is 0 Å². The molecular formula is C28H30N2O4. The molecule has 2 aromatic carbocycles. The summed E-state index contributed by atoms with van der Waals surface area (Å²) in [5, 5.41) is 2.79. The van der Waals surface area contributed by atoms with Gasteiger partial charge in [0.05, 0.1) is 0 Å². The van der Waals surface area contributed by atoms with E-state index in [1.165, 1.54) is 22.3 Å². The van der Waals surface area contributed by atoms with Crippen LogP contribution < -0.4 is 10.9 Å². The van der Waals surface area contributed by atoms with Gasteiger partial charge in [-0.05, 0) is 53.6 Å². The average molecular weight is 459 g/mol. The van der Waals surface area contributed by atoms with Gasteiger partial charge in [0.1, 0.15) is 12.4 Å². The number of fused-ring (bicyclic) bond motifs is 3. The Morgan fingerprint density at radius 2 is 1.71 bits per heavy atom. The third kappa shape index (κ3) is 5.28. The molecule has 6 nitrogen and oxygen atoms in total. The van der Waals surface area contributed by atoms with Crippen molar-refractivity contribution < 1.29 is 14.3 Å². The Morgan fingerprint density at radius 3 is 2.38 bits per heavy atom. The van der Waals surface area contributed by atoms with Gasteiger partial charge in [0.2, 0.25) is 0 Å². The summed E-state index contributed by atoms with van der Waals surface area (Å²) < 4.78 is 5.54. The van der Waals surface area contributed by atoms with Gasteiger partial charge in [-0.25, -0.2) is 4.79 Å². The highest BCUT2D eigenvalue weighted by Gasteiger charge is 2.29. The van der Waals surface area contributed by atoms with Crippen molar-refractivity contribution in [2.24, 2.45) is 5.92 Å². The third-order valence-electron chi connectivity index (χ3n) is 6.47. The van der Waals surface area contributed by atoms with Crippen LogP contribution in [0.25, 0.3) is 11.1 Å². The number of amides is 1. The fourth-order valence-corrected chi connectivity index (χ4v) is 4.56. The van der Waals surface area contributed by atoms with Gasteiger partial charge in [-0.1, -0.05) is 55.5 Å². The van der Waals surface area contributed by atoms with Crippen LogP contribution in [0.15, 0.2) is 65.6 Å². The summed E-state index contributed by atoms with van der Waals surface area (Å²) in [4.78, 5) is 39.3. The highest BCUT2D eigenvalue weighted by molar-refractivity contribution is 5.83. The van der Waals surface area contributed by atoms with Crippen LogP contribution in [-0.4, -0.2) is 30.0 Å². The van der Waals surface area contributed by atoms with Gasteiger partial charge in [-0.2, -0.15) is 0 Å². The number of ether oxygens (including phenoxy) is 1. The molecule has 0 aliphatic heterocycles. The van der Waals surface area contributed by atoms with Crippen LogP contribution in [0.1, 0.15) is 47.9 Å². The van der Waals surface area contributed by atoms with Crippen molar-refractivity contribution >= 4 is 11.9 Å². The Kier molecular flexibility index (Phi) is 7.26. The lowest BCUT2D eigenvalue weighted by molar-refractivity contribution is -0.121. The van der Waals surface area contributed by atoms with E-state index in [0.717, 1.165) is 5.56 Å². The number of benzene rings is 2. The van der Waals surface area contributed by atoms with E-state index in [1.807, 2.05) is 38.1 Å². The SMILES string of the molecule is Cc1c[nH]c(=O)c(CC(=O)[C@@H](C)CCCNC(=O)OCC2c3ccccc3-c3ccccc32)c1. The van der Waals surface area contributed by atoms with E-state index in [4.69, 9.17) is 4.74 Å². The molecule has 2 N–H and O–H groups in total. The topological polar surface area (TPSA) is 88.3 Å². The van der Waals surface area contributed by atoms with Crippen molar-refractivity contribution in [2.75, 3.05) is 13.2 Å². The molecule has 1 aliphatic carbocycles. The van der Waals surface area contributed by atoms with Crippen molar-refractivity contribution in [3.63, 3.8) is 0 Å². The van der Waals surface area contributed by atoms with Crippen LogP contribution in [-0.2, 0) is 16.0 Å². The second kappa shape index (κ2) is 10.5. The van der Waals surface area contributed by atoms with Gasteiger partial charge in [0.15, 0.2) is 0 Å². The third-order valence-corrected chi connectivity index (χ3v) is 6.47. The zero-order valence-corrected chi connectivity index (χ0v) is 19.6. The molecule has 34 heavy (non-hydrogen) atoms.